The molecular weight excluding hydrogens is 332 g/mol. The summed E-state index contributed by atoms with van der Waals surface area (Å²) in [5.74, 6) is 0. The maximum atomic E-state index is 4.52. The monoisotopic (exact) mass is 352 g/mol. The lowest BCUT2D eigenvalue weighted by Gasteiger charge is -2.14. The molecule has 0 saturated heterocycles. The first-order valence-corrected chi connectivity index (χ1v) is 8.41. The van der Waals surface area contributed by atoms with Gasteiger partial charge in [0.25, 0.3) is 0 Å². The number of aromatic nitrogens is 1. The molecule has 0 amide bonds. The van der Waals surface area contributed by atoms with Crippen LogP contribution in [-0.2, 0) is 12.0 Å². The summed E-state index contributed by atoms with van der Waals surface area (Å²) >= 11 is 5.26. The van der Waals surface area contributed by atoms with Crippen LogP contribution >= 0.6 is 27.3 Å². The number of hydrogen-bond acceptors (Lipinski definition) is 3. The van der Waals surface area contributed by atoms with Crippen molar-refractivity contribution in [1.82, 2.24) is 10.3 Å². The minimum Gasteiger partial charge on any atom is -0.305 e. The fourth-order valence-corrected chi connectivity index (χ4v) is 3.04. The van der Waals surface area contributed by atoms with Crippen molar-refractivity contribution >= 4 is 27.3 Å². The van der Waals surface area contributed by atoms with Crippen LogP contribution in [0.5, 0.6) is 0 Å². The van der Waals surface area contributed by atoms with E-state index in [2.05, 4.69) is 78.2 Å². The van der Waals surface area contributed by atoms with E-state index < -0.39 is 0 Å². The van der Waals surface area contributed by atoms with Crippen LogP contribution in [0.3, 0.4) is 0 Å². The van der Waals surface area contributed by atoms with E-state index in [1.54, 1.807) is 11.3 Å². The van der Waals surface area contributed by atoms with Gasteiger partial charge < -0.3 is 5.32 Å². The molecule has 0 spiro atoms. The Balaban J connectivity index is 1.95. The number of benzene rings is 1. The second kappa shape index (κ2) is 6.37. The molecule has 1 N–H and O–H groups in total. The first-order chi connectivity index (χ1) is 9.36. The molecule has 0 bridgehead atoms. The Morgan fingerprint density at radius 1 is 1.25 bits per heavy atom. The van der Waals surface area contributed by atoms with Gasteiger partial charge in [-0.3, -0.25) is 0 Å². The van der Waals surface area contributed by atoms with Crippen LogP contribution in [0.1, 0.15) is 49.2 Å². The van der Waals surface area contributed by atoms with Crippen LogP contribution < -0.4 is 5.32 Å². The summed E-state index contributed by atoms with van der Waals surface area (Å²) in [6, 6.07) is 8.79. The van der Waals surface area contributed by atoms with Crippen LogP contribution in [0.15, 0.2) is 34.9 Å². The van der Waals surface area contributed by atoms with Gasteiger partial charge in [0.1, 0.15) is 0 Å². The molecule has 1 unspecified atom stereocenters. The Kier molecular flexibility index (Phi) is 4.99. The van der Waals surface area contributed by atoms with Crippen molar-refractivity contribution < 1.29 is 0 Å². The van der Waals surface area contributed by atoms with Gasteiger partial charge in [0, 0.05) is 33.5 Å². The van der Waals surface area contributed by atoms with E-state index in [4.69, 9.17) is 0 Å². The first-order valence-electron chi connectivity index (χ1n) is 6.80. The van der Waals surface area contributed by atoms with Gasteiger partial charge in [-0.1, -0.05) is 48.8 Å². The van der Waals surface area contributed by atoms with Gasteiger partial charge in [-0.15, -0.1) is 11.3 Å². The molecular formula is C16H21BrN2S. The Bertz CT molecular complexity index is 555. The Morgan fingerprint density at radius 2 is 1.90 bits per heavy atom. The van der Waals surface area contributed by atoms with Gasteiger partial charge >= 0.3 is 0 Å². The second-order valence-electron chi connectivity index (χ2n) is 6.04. The third kappa shape index (κ3) is 4.14. The molecule has 1 aromatic heterocycles. The van der Waals surface area contributed by atoms with Crippen LogP contribution in [0.25, 0.3) is 0 Å². The van der Waals surface area contributed by atoms with Gasteiger partial charge in [0.15, 0.2) is 0 Å². The molecule has 0 radical (unpaired) electrons. The van der Waals surface area contributed by atoms with Crippen molar-refractivity contribution in [3.63, 3.8) is 0 Å². The second-order valence-corrected chi connectivity index (χ2v) is 8.07. The first kappa shape index (κ1) is 15.7. The van der Waals surface area contributed by atoms with Gasteiger partial charge in [0.2, 0.25) is 0 Å². The van der Waals surface area contributed by atoms with E-state index in [0.717, 1.165) is 11.0 Å². The van der Waals surface area contributed by atoms with Crippen LogP contribution in [0, 0.1) is 0 Å². The smallest absolute Gasteiger partial charge is 0.0981 e. The van der Waals surface area contributed by atoms with Crippen molar-refractivity contribution in [3.8, 4) is 0 Å². The molecule has 0 aliphatic heterocycles. The molecule has 108 valence electrons. The predicted octanol–water partition coefficient (Wildman–Crippen LogP) is 5.05. The van der Waals surface area contributed by atoms with Gasteiger partial charge in [-0.25, -0.2) is 4.98 Å². The summed E-state index contributed by atoms with van der Waals surface area (Å²) in [7, 11) is 0. The topological polar surface area (TPSA) is 24.9 Å². The number of nitrogens with zero attached hydrogens (tertiary/aromatic N) is 1. The minimum atomic E-state index is 0.139. The number of hydrogen-bond donors (Lipinski definition) is 1. The van der Waals surface area contributed by atoms with E-state index in [0.29, 0.717) is 6.04 Å². The van der Waals surface area contributed by atoms with Gasteiger partial charge in [0.05, 0.1) is 5.01 Å². The van der Waals surface area contributed by atoms with E-state index in [1.807, 2.05) is 6.20 Å². The minimum absolute atomic E-state index is 0.139. The third-order valence-corrected chi connectivity index (χ3v) is 5.10. The SMILES string of the molecule is CC(NCc1cnc(C(C)(C)C)s1)c1ccc(Br)cc1. The van der Waals surface area contributed by atoms with Crippen molar-refractivity contribution in [2.45, 2.75) is 45.7 Å². The number of halogens is 1. The van der Waals surface area contributed by atoms with Gasteiger partial charge in [-0.2, -0.15) is 0 Å². The number of nitrogens with one attached hydrogen (secondary N) is 1. The zero-order valence-corrected chi connectivity index (χ0v) is 14.8. The average Bonchev–Trinajstić information content (AvgIpc) is 2.85. The van der Waals surface area contributed by atoms with Gasteiger partial charge in [-0.05, 0) is 24.6 Å². The molecule has 0 saturated carbocycles. The highest BCUT2D eigenvalue weighted by Crippen LogP contribution is 2.27. The largest absolute Gasteiger partial charge is 0.305 e. The van der Waals surface area contributed by atoms with Crippen molar-refractivity contribution in [2.24, 2.45) is 0 Å². The van der Waals surface area contributed by atoms with Crippen molar-refractivity contribution in [2.75, 3.05) is 0 Å². The maximum absolute atomic E-state index is 4.52. The third-order valence-electron chi connectivity index (χ3n) is 3.15. The van der Waals surface area contributed by atoms with Crippen LogP contribution in [-0.4, -0.2) is 4.98 Å². The zero-order valence-electron chi connectivity index (χ0n) is 12.4. The number of thiazole rings is 1. The molecule has 1 atom stereocenters. The molecule has 0 fully saturated rings. The molecule has 4 heteroatoms. The highest BCUT2D eigenvalue weighted by atomic mass is 79.9. The lowest BCUT2D eigenvalue weighted by atomic mass is 9.98. The lowest BCUT2D eigenvalue weighted by Crippen LogP contribution is -2.17. The summed E-state index contributed by atoms with van der Waals surface area (Å²) < 4.78 is 1.12. The summed E-state index contributed by atoms with van der Waals surface area (Å²) in [6.07, 6.45) is 1.99. The van der Waals surface area contributed by atoms with E-state index in [9.17, 15) is 0 Å². The zero-order chi connectivity index (χ0) is 14.8. The standard InChI is InChI=1S/C16H21BrN2S/c1-11(12-5-7-13(17)8-6-12)18-9-14-10-19-15(20-14)16(2,3)4/h5-8,10-11,18H,9H2,1-4H3. The van der Waals surface area contributed by atoms with E-state index in [1.165, 1.54) is 15.4 Å². The summed E-state index contributed by atoms with van der Waals surface area (Å²) in [4.78, 5) is 5.81. The Hall–Kier alpha value is -0.710. The Labute approximate surface area is 133 Å². The molecule has 0 aliphatic rings. The molecule has 2 aromatic rings. The molecule has 2 nitrogen and oxygen atoms in total. The van der Waals surface area contributed by atoms with Crippen molar-refractivity contribution in [3.05, 3.63) is 50.4 Å². The maximum Gasteiger partial charge on any atom is 0.0981 e. The average molecular weight is 353 g/mol. The molecule has 2 rings (SSSR count). The quantitative estimate of drug-likeness (QED) is 0.832. The summed E-state index contributed by atoms with van der Waals surface area (Å²) in [6.45, 7) is 9.66. The summed E-state index contributed by atoms with van der Waals surface area (Å²) in [5, 5.41) is 4.75. The van der Waals surface area contributed by atoms with Crippen LogP contribution in [0.2, 0.25) is 0 Å². The van der Waals surface area contributed by atoms with Crippen molar-refractivity contribution in [1.29, 1.82) is 0 Å². The van der Waals surface area contributed by atoms with Crippen LogP contribution in [0.4, 0.5) is 0 Å². The predicted molar refractivity (Wildman–Crippen MR) is 90.2 cm³/mol. The lowest BCUT2D eigenvalue weighted by molar-refractivity contribution is 0.578. The molecule has 20 heavy (non-hydrogen) atoms. The van der Waals surface area contributed by atoms with E-state index >= 15 is 0 Å². The number of rotatable bonds is 4. The molecule has 1 heterocycles. The normalized spacial score (nSPS) is 13.4. The highest BCUT2D eigenvalue weighted by molar-refractivity contribution is 9.10. The Morgan fingerprint density at radius 3 is 2.45 bits per heavy atom. The fraction of sp³-hybridized carbons (Fsp3) is 0.438. The molecule has 1 aromatic carbocycles. The van der Waals surface area contributed by atoms with E-state index in [-0.39, 0.29) is 5.41 Å². The molecule has 0 aliphatic carbocycles. The highest BCUT2D eigenvalue weighted by Gasteiger charge is 2.18. The summed E-state index contributed by atoms with van der Waals surface area (Å²) in [5.41, 5.74) is 1.44. The fourth-order valence-electron chi connectivity index (χ4n) is 1.86.